The second-order valence-corrected chi connectivity index (χ2v) is 5.06. The molecule has 1 rings (SSSR count). The van der Waals surface area contributed by atoms with E-state index in [1.807, 2.05) is 19.1 Å². The lowest BCUT2D eigenvalue weighted by Gasteiger charge is -2.20. The number of hydrogen-bond donors (Lipinski definition) is 2. The van der Waals surface area contributed by atoms with E-state index in [9.17, 15) is 5.11 Å². The van der Waals surface area contributed by atoms with Gasteiger partial charge in [-0.3, -0.25) is 0 Å². The van der Waals surface area contributed by atoms with Crippen LogP contribution in [-0.2, 0) is 6.42 Å². The maximum absolute atomic E-state index is 9.64. The Balaban J connectivity index is 2.54. The van der Waals surface area contributed by atoms with Gasteiger partial charge in [0.2, 0.25) is 0 Å². The van der Waals surface area contributed by atoms with Gasteiger partial charge in [-0.1, -0.05) is 17.7 Å². The van der Waals surface area contributed by atoms with E-state index in [0.29, 0.717) is 5.75 Å². The fourth-order valence-corrected chi connectivity index (χ4v) is 1.49. The zero-order chi connectivity index (χ0) is 11.5. The molecule has 1 aromatic carbocycles. The fraction of sp³-hybridized carbons (Fsp3) is 0.538. The number of aromatic hydroxyl groups is 1. The predicted octanol–water partition coefficient (Wildman–Crippen LogP) is 2.63. The van der Waals surface area contributed by atoms with Crippen molar-refractivity contribution >= 4 is 0 Å². The highest BCUT2D eigenvalue weighted by Crippen LogP contribution is 2.18. The first-order valence-corrected chi connectivity index (χ1v) is 5.42. The summed E-state index contributed by atoms with van der Waals surface area (Å²) < 4.78 is 0. The Morgan fingerprint density at radius 2 is 1.93 bits per heavy atom. The van der Waals surface area contributed by atoms with Gasteiger partial charge in [-0.25, -0.2) is 0 Å². The van der Waals surface area contributed by atoms with Crippen LogP contribution in [0.5, 0.6) is 5.75 Å². The molecule has 0 aliphatic carbocycles. The van der Waals surface area contributed by atoms with Crippen molar-refractivity contribution in [1.29, 1.82) is 0 Å². The summed E-state index contributed by atoms with van der Waals surface area (Å²) in [7, 11) is 0. The van der Waals surface area contributed by atoms with Gasteiger partial charge in [0.05, 0.1) is 0 Å². The second-order valence-electron chi connectivity index (χ2n) is 5.06. The summed E-state index contributed by atoms with van der Waals surface area (Å²) >= 11 is 0. The van der Waals surface area contributed by atoms with E-state index >= 15 is 0 Å². The molecule has 1 aromatic rings. The third-order valence-corrected chi connectivity index (χ3v) is 2.28. The molecule has 0 bridgehead atoms. The Kier molecular flexibility index (Phi) is 3.75. The van der Waals surface area contributed by atoms with E-state index in [4.69, 9.17) is 0 Å². The molecule has 0 fully saturated rings. The highest BCUT2D eigenvalue weighted by atomic mass is 16.3. The molecule has 0 saturated carbocycles. The average Bonchev–Trinajstić information content (AvgIpc) is 2.09. The van der Waals surface area contributed by atoms with E-state index in [1.54, 1.807) is 6.07 Å². The molecule has 0 aliphatic rings. The van der Waals surface area contributed by atoms with Gasteiger partial charge in [0.15, 0.2) is 0 Å². The minimum Gasteiger partial charge on any atom is -0.508 e. The Hall–Kier alpha value is -1.02. The Morgan fingerprint density at radius 1 is 1.27 bits per heavy atom. The summed E-state index contributed by atoms with van der Waals surface area (Å²) in [6, 6.07) is 5.73. The standard InChI is InChI=1S/C13H21NO/c1-10-5-6-12(15)11(9-10)7-8-14-13(2,3)4/h5-6,9,14-15H,7-8H2,1-4H3. The molecule has 0 unspecified atom stereocenters. The van der Waals surface area contributed by atoms with Gasteiger partial charge in [-0.15, -0.1) is 0 Å². The van der Waals surface area contributed by atoms with E-state index in [-0.39, 0.29) is 5.54 Å². The minimum absolute atomic E-state index is 0.138. The van der Waals surface area contributed by atoms with E-state index in [2.05, 4.69) is 26.1 Å². The highest BCUT2D eigenvalue weighted by molar-refractivity contribution is 5.35. The molecule has 0 aromatic heterocycles. The molecule has 2 nitrogen and oxygen atoms in total. The molecule has 0 spiro atoms. The normalized spacial score (nSPS) is 11.7. The zero-order valence-corrected chi connectivity index (χ0v) is 10.1. The first-order chi connectivity index (χ1) is 6.88. The Bertz CT molecular complexity index is 326. The number of nitrogens with one attached hydrogen (secondary N) is 1. The van der Waals surface area contributed by atoms with Crippen LogP contribution in [0.25, 0.3) is 0 Å². The minimum atomic E-state index is 0.138. The topological polar surface area (TPSA) is 32.3 Å². The number of aryl methyl sites for hydroxylation is 1. The molecule has 15 heavy (non-hydrogen) atoms. The predicted molar refractivity (Wildman–Crippen MR) is 64.3 cm³/mol. The molecule has 0 amide bonds. The average molecular weight is 207 g/mol. The largest absolute Gasteiger partial charge is 0.508 e. The van der Waals surface area contributed by atoms with Crippen LogP contribution in [0.2, 0.25) is 0 Å². The van der Waals surface area contributed by atoms with E-state index in [0.717, 1.165) is 18.5 Å². The molecule has 0 aliphatic heterocycles. The molecule has 84 valence electrons. The van der Waals surface area contributed by atoms with Gasteiger partial charge in [0.1, 0.15) is 5.75 Å². The molecule has 0 saturated heterocycles. The molecule has 0 heterocycles. The van der Waals surface area contributed by atoms with Gasteiger partial charge in [-0.05, 0) is 52.3 Å². The molecule has 0 atom stereocenters. The van der Waals surface area contributed by atoms with Crippen molar-refractivity contribution in [1.82, 2.24) is 5.32 Å². The maximum Gasteiger partial charge on any atom is 0.118 e. The third-order valence-electron chi connectivity index (χ3n) is 2.28. The molecule has 2 N–H and O–H groups in total. The van der Waals surface area contributed by atoms with Crippen LogP contribution in [0.15, 0.2) is 18.2 Å². The number of hydrogen-bond acceptors (Lipinski definition) is 2. The summed E-state index contributed by atoms with van der Waals surface area (Å²) in [6.45, 7) is 9.36. The lowest BCUT2D eigenvalue weighted by atomic mass is 10.1. The van der Waals surface area contributed by atoms with Crippen LogP contribution in [0.4, 0.5) is 0 Å². The van der Waals surface area contributed by atoms with Crippen LogP contribution in [0, 0.1) is 6.92 Å². The maximum atomic E-state index is 9.64. The quantitative estimate of drug-likeness (QED) is 0.798. The van der Waals surface area contributed by atoms with Crippen molar-refractivity contribution in [3.63, 3.8) is 0 Å². The van der Waals surface area contributed by atoms with Gasteiger partial charge < -0.3 is 10.4 Å². The molecule has 0 radical (unpaired) electrons. The van der Waals surface area contributed by atoms with Crippen LogP contribution < -0.4 is 5.32 Å². The van der Waals surface area contributed by atoms with E-state index < -0.39 is 0 Å². The number of phenolic OH excluding ortho intramolecular Hbond substituents is 1. The fourth-order valence-electron chi connectivity index (χ4n) is 1.49. The Labute approximate surface area is 92.3 Å². The van der Waals surface area contributed by atoms with Crippen molar-refractivity contribution < 1.29 is 5.11 Å². The summed E-state index contributed by atoms with van der Waals surface area (Å²) in [5.74, 6) is 0.399. The van der Waals surface area contributed by atoms with Crippen LogP contribution in [0.3, 0.4) is 0 Å². The van der Waals surface area contributed by atoms with Gasteiger partial charge >= 0.3 is 0 Å². The van der Waals surface area contributed by atoms with Crippen molar-refractivity contribution in [3.05, 3.63) is 29.3 Å². The number of phenols is 1. The molecule has 2 heteroatoms. The lowest BCUT2D eigenvalue weighted by Crippen LogP contribution is -2.37. The first-order valence-electron chi connectivity index (χ1n) is 5.42. The van der Waals surface area contributed by atoms with Crippen molar-refractivity contribution in [2.24, 2.45) is 0 Å². The summed E-state index contributed by atoms with van der Waals surface area (Å²) in [5.41, 5.74) is 2.35. The SMILES string of the molecule is Cc1ccc(O)c(CCNC(C)(C)C)c1. The van der Waals surface area contributed by atoms with Gasteiger partial charge in [0, 0.05) is 5.54 Å². The summed E-state index contributed by atoms with van der Waals surface area (Å²) in [6.07, 6.45) is 0.866. The number of rotatable bonds is 3. The van der Waals surface area contributed by atoms with Crippen molar-refractivity contribution in [2.45, 2.75) is 39.7 Å². The number of benzene rings is 1. The van der Waals surface area contributed by atoms with Crippen molar-refractivity contribution in [3.8, 4) is 5.75 Å². The third kappa shape index (κ3) is 4.34. The van der Waals surface area contributed by atoms with Crippen LogP contribution in [0.1, 0.15) is 31.9 Å². The molecular weight excluding hydrogens is 186 g/mol. The monoisotopic (exact) mass is 207 g/mol. The van der Waals surface area contributed by atoms with E-state index in [1.165, 1.54) is 5.56 Å². The first kappa shape index (κ1) is 12.1. The zero-order valence-electron chi connectivity index (χ0n) is 10.1. The smallest absolute Gasteiger partial charge is 0.118 e. The van der Waals surface area contributed by atoms with Crippen molar-refractivity contribution in [2.75, 3.05) is 6.54 Å². The van der Waals surface area contributed by atoms with Crippen LogP contribution >= 0.6 is 0 Å². The molecular formula is C13H21NO. The summed E-state index contributed by atoms with van der Waals surface area (Å²) in [5, 5.41) is 13.0. The summed E-state index contributed by atoms with van der Waals surface area (Å²) in [4.78, 5) is 0. The Morgan fingerprint density at radius 3 is 2.53 bits per heavy atom. The van der Waals surface area contributed by atoms with Gasteiger partial charge in [-0.2, -0.15) is 0 Å². The van der Waals surface area contributed by atoms with Gasteiger partial charge in [0.25, 0.3) is 0 Å². The lowest BCUT2D eigenvalue weighted by molar-refractivity contribution is 0.423. The highest BCUT2D eigenvalue weighted by Gasteiger charge is 2.08. The second kappa shape index (κ2) is 4.67. The van der Waals surface area contributed by atoms with Crippen LogP contribution in [-0.4, -0.2) is 17.2 Å².